The number of carbonyl (C=O) groups is 1. The second-order valence-electron chi connectivity index (χ2n) is 5.80. The van der Waals surface area contributed by atoms with E-state index in [4.69, 9.17) is 4.52 Å². The molecule has 0 aliphatic heterocycles. The number of nitrogens with one attached hydrogen (secondary N) is 1. The largest absolute Gasteiger partial charge is 0.360 e. The van der Waals surface area contributed by atoms with Crippen LogP contribution in [0.3, 0.4) is 0 Å². The molecule has 0 radical (unpaired) electrons. The summed E-state index contributed by atoms with van der Waals surface area (Å²) in [6.07, 6.45) is 6.10. The Balaban J connectivity index is 1.65. The van der Waals surface area contributed by atoms with E-state index in [9.17, 15) is 4.79 Å². The van der Waals surface area contributed by atoms with E-state index in [2.05, 4.69) is 20.3 Å². The second kappa shape index (κ2) is 6.24. The monoisotopic (exact) mass is 340 g/mol. The molecule has 0 amide bonds. The quantitative estimate of drug-likeness (QED) is 0.548. The molecule has 0 saturated heterocycles. The van der Waals surface area contributed by atoms with Crippen LogP contribution in [0.5, 0.6) is 0 Å². The molecule has 122 valence electrons. The van der Waals surface area contributed by atoms with Crippen molar-refractivity contribution < 1.29 is 9.32 Å². The van der Waals surface area contributed by atoms with E-state index in [0.717, 1.165) is 29.3 Å². The fraction of sp³-hybridized carbons (Fsp3) is 0.294. The van der Waals surface area contributed by atoms with Crippen LogP contribution < -0.4 is 0 Å². The highest BCUT2D eigenvalue weighted by atomic mass is 32.2. The van der Waals surface area contributed by atoms with Crippen molar-refractivity contribution >= 4 is 17.5 Å². The van der Waals surface area contributed by atoms with Crippen LogP contribution >= 0.6 is 11.8 Å². The first-order chi connectivity index (χ1) is 11.8. The summed E-state index contributed by atoms with van der Waals surface area (Å²) in [5.41, 5.74) is 2.12. The standard InChI is InChI=1S/C17H16N4O2S/c1-24-17-19-14(20-21-17)8-11-4-2-3-5-12(11)15(22)13-9-18-23-16(13)10-6-7-10/h2-5,9-10H,6-8H2,1H3,(H,19,20,21). The third-order valence-electron chi connectivity index (χ3n) is 4.11. The smallest absolute Gasteiger partial charge is 0.198 e. The Morgan fingerprint density at radius 1 is 1.33 bits per heavy atom. The zero-order valence-electron chi connectivity index (χ0n) is 13.2. The highest BCUT2D eigenvalue weighted by molar-refractivity contribution is 7.98. The maximum Gasteiger partial charge on any atom is 0.198 e. The predicted octanol–water partition coefficient (Wildman–Crippen LogP) is 3.21. The summed E-state index contributed by atoms with van der Waals surface area (Å²) < 4.78 is 5.30. The number of rotatable bonds is 6. The Kier molecular flexibility index (Phi) is 3.93. The van der Waals surface area contributed by atoms with E-state index < -0.39 is 0 Å². The fourth-order valence-electron chi connectivity index (χ4n) is 2.72. The molecule has 24 heavy (non-hydrogen) atoms. The van der Waals surface area contributed by atoms with E-state index in [-0.39, 0.29) is 5.78 Å². The molecule has 1 N–H and O–H groups in total. The Labute approximate surface area is 143 Å². The number of ketones is 1. The van der Waals surface area contributed by atoms with Crippen LogP contribution in [0.2, 0.25) is 0 Å². The van der Waals surface area contributed by atoms with Crippen LogP contribution in [0.15, 0.2) is 40.1 Å². The average Bonchev–Trinajstić information content (AvgIpc) is 3.16. The molecule has 7 heteroatoms. The summed E-state index contributed by atoms with van der Waals surface area (Å²) in [6, 6.07) is 7.56. The van der Waals surface area contributed by atoms with Crippen LogP contribution in [0.4, 0.5) is 0 Å². The zero-order valence-corrected chi connectivity index (χ0v) is 14.0. The maximum atomic E-state index is 13.0. The summed E-state index contributed by atoms with van der Waals surface area (Å²) in [7, 11) is 0. The summed E-state index contributed by atoms with van der Waals surface area (Å²) in [5, 5.41) is 11.7. The van der Waals surface area contributed by atoms with Crippen LogP contribution in [-0.4, -0.2) is 32.4 Å². The molecule has 4 rings (SSSR count). The third-order valence-corrected chi connectivity index (χ3v) is 4.68. The van der Waals surface area contributed by atoms with Crippen molar-refractivity contribution in [3.05, 3.63) is 58.7 Å². The summed E-state index contributed by atoms with van der Waals surface area (Å²) in [5.74, 6) is 1.69. The molecule has 6 nitrogen and oxygen atoms in total. The number of nitrogens with zero attached hydrogens (tertiary/aromatic N) is 3. The topological polar surface area (TPSA) is 84.7 Å². The van der Waals surface area contributed by atoms with Crippen molar-refractivity contribution in [2.75, 3.05) is 6.26 Å². The lowest BCUT2D eigenvalue weighted by molar-refractivity contribution is 0.103. The van der Waals surface area contributed by atoms with Gasteiger partial charge in [0.1, 0.15) is 0 Å². The van der Waals surface area contributed by atoms with Gasteiger partial charge in [-0.1, -0.05) is 41.2 Å². The first kappa shape index (κ1) is 15.1. The van der Waals surface area contributed by atoms with Gasteiger partial charge in [0.05, 0.1) is 11.8 Å². The normalized spacial score (nSPS) is 14.0. The van der Waals surface area contributed by atoms with Crippen molar-refractivity contribution in [3.63, 3.8) is 0 Å². The molecule has 1 aromatic carbocycles. The molecule has 3 aromatic rings. The molecular formula is C17H16N4O2S. The number of aromatic amines is 1. The van der Waals surface area contributed by atoms with Crippen LogP contribution in [0, 0.1) is 0 Å². The Morgan fingerprint density at radius 3 is 2.92 bits per heavy atom. The number of hydrogen-bond donors (Lipinski definition) is 1. The number of aromatic nitrogens is 4. The molecule has 0 unspecified atom stereocenters. The number of carbonyl (C=O) groups excluding carboxylic acids is 1. The molecule has 1 aliphatic carbocycles. The molecule has 2 heterocycles. The van der Waals surface area contributed by atoms with Gasteiger partial charge in [0.25, 0.3) is 0 Å². The van der Waals surface area contributed by atoms with Crippen molar-refractivity contribution in [3.8, 4) is 0 Å². The Morgan fingerprint density at radius 2 is 2.17 bits per heavy atom. The van der Waals surface area contributed by atoms with Gasteiger partial charge >= 0.3 is 0 Å². The van der Waals surface area contributed by atoms with Gasteiger partial charge in [0, 0.05) is 17.9 Å². The SMILES string of the molecule is CSc1nc(Cc2ccccc2C(=O)c2cnoc2C2CC2)n[nH]1. The van der Waals surface area contributed by atoms with Crippen molar-refractivity contribution in [2.24, 2.45) is 0 Å². The van der Waals surface area contributed by atoms with E-state index in [1.807, 2.05) is 30.5 Å². The Bertz CT molecular complexity index is 882. The lowest BCUT2D eigenvalue weighted by Crippen LogP contribution is -2.07. The minimum absolute atomic E-state index is 0.0469. The Hall–Kier alpha value is -2.41. The van der Waals surface area contributed by atoms with Crippen molar-refractivity contribution in [1.82, 2.24) is 20.3 Å². The van der Waals surface area contributed by atoms with Gasteiger partial charge in [-0.15, -0.1) is 0 Å². The summed E-state index contributed by atoms with van der Waals surface area (Å²) in [6.45, 7) is 0. The number of benzene rings is 1. The summed E-state index contributed by atoms with van der Waals surface area (Å²) in [4.78, 5) is 17.4. The van der Waals surface area contributed by atoms with Crippen LogP contribution in [0.1, 0.15) is 51.8 Å². The minimum atomic E-state index is -0.0469. The van der Waals surface area contributed by atoms with Gasteiger partial charge in [0.15, 0.2) is 22.5 Å². The number of hydrogen-bond acceptors (Lipinski definition) is 6. The van der Waals surface area contributed by atoms with Crippen LogP contribution in [0.25, 0.3) is 0 Å². The molecule has 0 bridgehead atoms. The van der Waals surface area contributed by atoms with Crippen molar-refractivity contribution in [2.45, 2.75) is 30.3 Å². The first-order valence-corrected chi connectivity index (χ1v) is 9.01. The predicted molar refractivity (Wildman–Crippen MR) is 89.3 cm³/mol. The molecular weight excluding hydrogens is 324 g/mol. The zero-order chi connectivity index (χ0) is 16.5. The average molecular weight is 340 g/mol. The van der Waals surface area contributed by atoms with Gasteiger partial charge in [0.2, 0.25) is 0 Å². The second-order valence-corrected chi connectivity index (χ2v) is 6.60. The lowest BCUT2D eigenvalue weighted by atomic mass is 9.96. The van der Waals surface area contributed by atoms with Crippen molar-refractivity contribution in [1.29, 1.82) is 0 Å². The van der Waals surface area contributed by atoms with Gasteiger partial charge in [-0.25, -0.2) is 4.98 Å². The molecule has 2 aromatic heterocycles. The van der Waals surface area contributed by atoms with E-state index in [0.29, 0.717) is 29.3 Å². The molecule has 0 spiro atoms. The van der Waals surface area contributed by atoms with E-state index >= 15 is 0 Å². The van der Waals surface area contributed by atoms with Crippen LogP contribution in [-0.2, 0) is 6.42 Å². The molecule has 0 atom stereocenters. The van der Waals surface area contributed by atoms with Gasteiger partial charge in [-0.2, -0.15) is 5.10 Å². The van der Waals surface area contributed by atoms with Gasteiger partial charge in [-0.3, -0.25) is 9.89 Å². The number of thioether (sulfide) groups is 1. The highest BCUT2D eigenvalue weighted by Gasteiger charge is 2.33. The van der Waals surface area contributed by atoms with Gasteiger partial charge in [-0.05, 0) is 24.7 Å². The number of H-pyrrole nitrogens is 1. The fourth-order valence-corrected chi connectivity index (χ4v) is 3.05. The minimum Gasteiger partial charge on any atom is -0.360 e. The first-order valence-electron chi connectivity index (χ1n) is 7.78. The van der Waals surface area contributed by atoms with E-state index in [1.165, 1.54) is 18.0 Å². The van der Waals surface area contributed by atoms with Gasteiger partial charge < -0.3 is 4.52 Å². The highest BCUT2D eigenvalue weighted by Crippen LogP contribution is 2.42. The molecule has 1 saturated carbocycles. The molecule has 1 aliphatic rings. The maximum absolute atomic E-state index is 13.0. The third kappa shape index (κ3) is 2.87. The lowest BCUT2D eigenvalue weighted by Gasteiger charge is -2.06. The van der Waals surface area contributed by atoms with E-state index in [1.54, 1.807) is 0 Å². The molecule has 1 fully saturated rings. The summed E-state index contributed by atoms with van der Waals surface area (Å²) >= 11 is 1.50.